The molecule has 1 aliphatic heterocycles. The summed E-state index contributed by atoms with van der Waals surface area (Å²) in [6, 6.07) is 14.8. The van der Waals surface area contributed by atoms with E-state index in [-0.39, 0.29) is 16.8 Å². The first kappa shape index (κ1) is 28.9. The van der Waals surface area contributed by atoms with Crippen molar-refractivity contribution >= 4 is 42.7 Å². The van der Waals surface area contributed by atoms with Crippen molar-refractivity contribution in [1.82, 2.24) is 24.2 Å². The van der Waals surface area contributed by atoms with E-state index in [1.54, 1.807) is 28.8 Å². The molecule has 42 heavy (non-hydrogen) atoms. The van der Waals surface area contributed by atoms with Crippen molar-refractivity contribution in [3.63, 3.8) is 0 Å². The van der Waals surface area contributed by atoms with E-state index in [0.29, 0.717) is 30.7 Å². The molecule has 0 bridgehead atoms. The molecule has 4 aromatic rings. The number of aromatic nitrogens is 3. The summed E-state index contributed by atoms with van der Waals surface area (Å²) in [5.74, 6) is -0.0596. The van der Waals surface area contributed by atoms with Crippen molar-refractivity contribution in [3.8, 4) is 11.3 Å². The summed E-state index contributed by atoms with van der Waals surface area (Å²) < 4.78 is 28.3. The molecule has 1 aromatic carbocycles. The minimum Gasteiger partial charge on any atom is -0.301 e. The van der Waals surface area contributed by atoms with Gasteiger partial charge in [0, 0.05) is 43.6 Å². The Morgan fingerprint density at radius 1 is 1.02 bits per heavy atom. The van der Waals surface area contributed by atoms with E-state index in [2.05, 4.69) is 20.2 Å². The van der Waals surface area contributed by atoms with E-state index in [0.717, 1.165) is 46.4 Å². The first-order chi connectivity index (χ1) is 20.3. The Kier molecular flexibility index (Phi) is 8.35. The Hall–Kier alpha value is -3.25. The topological polar surface area (TPSA) is 108 Å². The normalized spacial score (nSPS) is 19.7. The highest BCUT2D eigenvalue weighted by atomic mass is 32.2. The zero-order valence-corrected chi connectivity index (χ0v) is 25.6. The van der Waals surface area contributed by atoms with E-state index in [4.69, 9.17) is 4.98 Å². The van der Waals surface area contributed by atoms with Crippen LogP contribution in [0.2, 0.25) is 0 Å². The fourth-order valence-corrected chi connectivity index (χ4v) is 8.33. The number of benzene rings is 1. The Morgan fingerprint density at radius 3 is 2.48 bits per heavy atom. The van der Waals surface area contributed by atoms with Crippen molar-refractivity contribution < 1.29 is 13.2 Å². The highest BCUT2D eigenvalue weighted by Crippen LogP contribution is 2.36. The fraction of sp³-hybridized carbons (Fsp3) is 0.419. The number of nitrogens with zero attached hydrogens (tertiary/aromatic N) is 5. The Labute approximate surface area is 251 Å². The smallest absolute Gasteiger partial charge is 0.243 e. The molecule has 220 valence electrons. The van der Waals surface area contributed by atoms with Gasteiger partial charge in [-0.15, -0.1) is 0 Å². The molecule has 6 rings (SSSR count). The lowest BCUT2D eigenvalue weighted by Crippen LogP contribution is -2.51. The zero-order chi connectivity index (χ0) is 29.3. The zero-order valence-electron chi connectivity index (χ0n) is 23.9. The van der Waals surface area contributed by atoms with Crippen LogP contribution in [0.5, 0.6) is 0 Å². The summed E-state index contributed by atoms with van der Waals surface area (Å²) in [5, 5.41) is 3.56. The third-order valence-corrected chi connectivity index (χ3v) is 11.4. The highest BCUT2D eigenvalue weighted by Gasteiger charge is 2.32. The predicted molar refractivity (Wildman–Crippen MR) is 166 cm³/mol. The number of amides is 1. The summed E-state index contributed by atoms with van der Waals surface area (Å²) in [4.78, 5) is 30.4. The fourth-order valence-electron chi connectivity index (χ4n) is 5.97. The van der Waals surface area contributed by atoms with Crippen LogP contribution >= 0.6 is 11.3 Å². The van der Waals surface area contributed by atoms with Crippen LogP contribution in [0.1, 0.15) is 50.5 Å². The third kappa shape index (κ3) is 6.10. The molecular formula is C31H36N6O3S2. The SMILES string of the molecule is C[C@H]1CN(S(=O)(=O)c2ccc([C@@H](CC3CCCC3)C(=O)Nc3nc4ccc(-c5ccncc5)nc4s3)cc2)CCN1C. The summed E-state index contributed by atoms with van der Waals surface area (Å²) in [6.45, 7) is 3.68. The second-order valence-corrected chi connectivity index (χ2v) is 14.4. The summed E-state index contributed by atoms with van der Waals surface area (Å²) in [7, 11) is -1.59. The van der Waals surface area contributed by atoms with Crippen LogP contribution in [-0.2, 0) is 14.8 Å². The van der Waals surface area contributed by atoms with Gasteiger partial charge < -0.3 is 10.2 Å². The van der Waals surface area contributed by atoms with Gasteiger partial charge in [0.25, 0.3) is 0 Å². The van der Waals surface area contributed by atoms with E-state index in [1.807, 2.05) is 50.4 Å². The predicted octanol–water partition coefficient (Wildman–Crippen LogP) is 5.38. The van der Waals surface area contributed by atoms with Crippen molar-refractivity contribution in [2.75, 3.05) is 32.0 Å². The second-order valence-electron chi connectivity index (χ2n) is 11.5. The molecule has 11 heteroatoms. The van der Waals surface area contributed by atoms with Crippen molar-refractivity contribution in [1.29, 1.82) is 0 Å². The van der Waals surface area contributed by atoms with Crippen LogP contribution in [0.3, 0.4) is 0 Å². The molecule has 1 aliphatic carbocycles. The average molecular weight is 605 g/mol. The van der Waals surface area contributed by atoms with Gasteiger partial charge in [0.1, 0.15) is 10.3 Å². The summed E-state index contributed by atoms with van der Waals surface area (Å²) in [6.07, 6.45) is 8.79. The number of hydrogen-bond donors (Lipinski definition) is 1. The number of anilines is 1. The third-order valence-electron chi connectivity index (χ3n) is 8.66. The van der Waals surface area contributed by atoms with Crippen molar-refractivity contribution in [3.05, 3.63) is 66.5 Å². The van der Waals surface area contributed by atoms with Gasteiger partial charge in [-0.25, -0.2) is 18.4 Å². The van der Waals surface area contributed by atoms with Crippen LogP contribution in [-0.4, -0.2) is 71.2 Å². The number of carbonyl (C=O) groups excluding carboxylic acids is 1. The second kappa shape index (κ2) is 12.2. The van der Waals surface area contributed by atoms with Gasteiger partial charge in [0.15, 0.2) is 5.13 Å². The molecule has 0 radical (unpaired) electrons. The van der Waals surface area contributed by atoms with Crippen molar-refractivity contribution in [2.45, 2.75) is 55.9 Å². The van der Waals surface area contributed by atoms with Crippen LogP contribution in [0.15, 0.2) is 65.8 Å². The molecule has 2 atom stereocenters. The maximum atomic E-state index is 13.8. The van der Waals surface area contributed by atoms with Gasteiger partial charge >= 0.3 is 0 Å². The van der Waals surface area contributed by atoms with E-state index >= 15 is 0 Å². The number of hydrogen-bond acceptors (Lipinski definition) is 8. The minimum absolute atomic E-state index is 0.126. The van der Waals surface area contributed by atoms with Crippen LogP contribution < -0.4 is 5.32 Å². The number of rotatable bonds is 8. The molecule has 1 N–H and O–H groups in total. The molecule has 2 aliphatic rings. The quantitative estimate of drug-likeness (QED) is 0.288. The Bertz CT molecular complexity index is 1650. The molecule has 4 heterocycles. The number of nitrogens with one attached hydrogen (secondary N) is 1. The number of thiazole rings is 1. The maximum absolute atomic E-state index is 13.8. The molecule has 1 saturated carbocycles. The molecule has 9 nitrogen and oxygen atoms in total. The molecular weight excluding hydrogens is 569 g/mol. The van der Waals surface area contributed by atoms with Crippen LogP contribution in [0.25, 0.3) is 21.6 Å². The van der Waals surface area contributed by atoms with Gasteiger partial charge in [0.2, 0.25) is 15.9 Å². The molecule has 3 aromatic heterocycles. The summed E-state index contributed by atoms with van der Waals surface area (Å²) >= 11 is 1.35. The number of likely N-dealkylation sites (N-methyl/N-ethyl adjacent to an activating group) is 1. The average Bonchev–Trinajstić information content (AvgIpc) is 3.67. The highest BCUT2D eigenvalue weighted by molar-refractivity contribution is 7.89. The summed E-state index contributed by atoms with van der Waals surface area (Å²) in [5.41, 5.74) is 3.35. The van der Waals surface area contributed by atoms with Crippen LogP contribution in [0.4, 0.5) is 5.13 Å². The first-order valence-corrected chi connectivity index (χ1v) is 16.8. The monoisotopic (exact) mass is 604 g/mol. The Balaban J connectivity index is 1.22. The minimum atomic E-state index is -3.60. The van der Waals surface area contributed by atoms with Gasteiger partial charge in [-0.3, -0.25) is 9.78 Å². The van der Waals surface area contributed by atoms with Gasteiger partial charge in [-0.05, 0) is 68.3 Å². The molecule has 0 unspecified atom stereocenters. The number of pyridine rings is 2. The largest absolute Gasteiger partial charge is 0.301 e. The van der Waals surface area contributed by atoms with E-state index in [1.165, 1.54) is 24.2 Å². The van der Waals surface area contributed by atoms with Crippen LogP contribution in [0, 0.1) is 5.92 Å². The number of piperazine rings is 1. The lowest BCUT2D eigenvalue weighted by molar-refractivity contribution is -0.118. The maximum Gasteiger partial charge on any atom is 0.243 e. The lowest BCUT2D eigenvalue weighted by atomic mass is 9.87. The van der Waals surface area contributed by atoms with Gasteiger partial charge in [-0.1, -0.05) is 49.2 Å². The van der Waals surface area contributed by atoms with Gasteiger partial charge in [-0.2, -0.15) is 4.31 Å². The van der Waals surface area contributed by atoms with E-state index < -0.39 is 15.9 Å². The number of fused-ring (bicyclic) bond motifs is 1. The van der Waals surface area contributed by atoms with E-state index in [9.17, 15) is 13.2 Å². The lowest BCUT2D eigenvalue weighted by Gasteiger charge is -2.36. The molecule has 1 amide bonds. The molecule has 0 spiro atoms. The van der Waals surface area contributed by atoms with Crippen molar-refractivity contribution in [2.24, 2.45) is 5.92 Å². The molecule has 1 saturated heterocycles. The first-order valence-electron chi connectivity index (χ1n) is 14.6. The standard InChI is InChI=1S/C31H36N6O3S2/c1-21-20-37(18-17-36(21)2)42(39,40)25-9-7-23(8-10-25)26(19-22-5-3-4-6-22)29(38)35-31-34-28-12-11-27(33-30(28)41-31)24-13-15-32-16-14-24/h7-16,21-22,26H,3-6,17-20H2,1-2H3,(H,34,35,38)/t21-,26+/m0/s1. The number of carbonyl (C=O) groups is 1. The number of sulfonamides is 1. The molecule has 2 fully saturated rings. The Morgan fingerprint density at radius 2 is 1.76 bits per heavy atom. The van der Waals surface area contributed by atoms with Gasteiger partial charge in [0.05, 0.1) is 16.5 Å².